The molecule has 0 aromatic carbocycles. The molecule has 2 heterocycles. The van der Waals surface area contributed by atoms with Crippen LogP contribution in [0.25, 0.3) is 10.9 Å². The van der Waals surface area contributed by atoms with E-state index in [1.165, 1.54) is 24.8 Å². The van der Waals surface area contributed by atoms with Crippen molar-refractivity contribution in [1.29, 1.82) is 5.41 Å². The van der Waals surface area contributed by atoms with E-state index in [2.05, 4.69) is 4.98 Å². The van der Waals surface area contributed by atoms with E-state index in [0.29, 0.717) is 0 Å². The van der Waals surface area contributed by atoms with Crippen molar-refractivity contribution in [2.24, 2.45) is 0 Å². The van der Waals surface area contributed by atoms with Gasteiger partial charge in [-0.15, -0.1) is 0 Å². The van der Waals surface area contributed by atoms with Crippen molar-refractivity contribution in [1.82, 2.24) is 4.98 Å². The number of fused-ring (bicyclic) bond motifs is 3. The monoisotopic (exact) mass is 228 g/mol. The molecule has 0 saturated heterocycles. The first-order valence-corrected chi connectivity index (χ1v) is 6.30. The number of hydrogen-bond acceptors (Lipinski definition) is 3. The first-order valence-electron chi connectivity index (χ1n) is 6.30. The Labute approximate surface area is 100 Å². The van der Waals surface area contributed by atoms with Crippen LogP contribution in [0.3, 0.4) is 0 Å². The van der Waals surface area contributed by atoms with Crippen LogP contribution in [0.1, 0.15) is 37.0 Å². The Hall–Kier alpha value is -1.64. The van der Waals surface area contributed by atoms with Crippen LogP contribution in [-0.2, 0) is 12.8 Å². The average molecular weight is 228 g/mol. The van der Waals surface area contributed by atoms with Crippen LogP contribution in [0.4, 0.5) is 0 Å². The molecule has 1 aliphatic rings. The van der Waals surface area contributed by atoms with Gasteiger partial charge in [-0.3, -0.25) is 10.4 Å². The Balaban J connectivity index is 2.28. The van der Waals surface area contributed by atoms with Crippen LogP contribution in [0.15, 0.2) is 22.7 Å². The highest BCUT2D eigenvalue weighted by molar-refractivity contribution is 5.80. The maximum absolute atomic E-state index is 7.92. The van der Waals surface area contributed by atoms with E-state index in [1.54, 1.807) is 6.20 Å². The normalized spacial score (nSPS) is 16.2. The van der Waals surface area contributed by atoms with Gasteiger partial charge in [-0.2, -0.15) is 0 Å². The molecule has 1 N–H and O–H groups in total. The average Bonchev–Trinajstić information content (AvgIpc) is 2.32. The molecular formula is C14H16N2O. The summed E-state index contributed by atoms with van der Waals surface area (Å²) in [6, 6.07) is 3.79. The minimum atomic E-state index is 0.257. The fraction of sp³-hybridized carbons (Fsp3) is 0.429. The lowest BCUT2D eigenvalue weighted by Gasteiger charge is -2.14. The third kappa shape index (κ3) is 1.86. The molecule has 0 unspecified atom stereocenters. The molecule has 3 rings (SSSR count). The van der Waals surface area contributed by atoms with Gasteiger partial charge in [-0.05, 0) is 31.4 Å². The summed E-state index contributed by atoms with van der Waals surface area (Å²) in [7, 11) is 0. The summed E-state index contributed by atoms with van der Waals surface area (Å²) in [5.74, 6) is 0.987. The minimum Gasteiger partial charge on any atom is -0.443 e. The van der Waals surface area contributed by atoms with Crippen LogP contribution in [0, 0.1) is 5.41 Å². The first-order chi connectivity index (χ1) is 8.36. The summed E-state index contributed by atoms with van der Waals surface area (Å²) in [5, 5.41) is 8.76. The standard InChI is InChI=1S/C14H16N2O/c15-14-11-7-5-9-16-13(11)10-6-3-1-2-4-8-12(10)17-14/h5,7,9,15H,1-4,6,8H2. The number of aryl methyl sites for hydroxylation is 2. The van der Waals surface area contributed by atoms with Crippen molar-refractivity contribution < 1.29 is 4.42 Å². The zero-order valence-corrected chi connectivity index (χ0v) is 9.83. The molecule has 2 aromatic heterocycles. The van der Waals surface area contributed by atoms with E-state index in [9.17, 15) is 0 Å². The molecule has 3 nitrogen and oxygen atoms in total. The summed E-state index contributed by atoms with van der Waals surface area (Å²) in [5.41, 5.74) is 2.46. The number of hydrogen-bond donors (Lipinski definition) is 1. The number of aromatic nitrogens is 1. The van der Waals surface area contributed by atoms with E-state index < -0.39 is 0 Å². The van der Waals surface area contributed by atoms with Gasteiger partial charge in [0.15, 0.2) is 0 Å². The van der Waals surface area contributed by atoms with Gasteiger partial charge in [0.1, 0.15) is 5.76 Å². The van der Waals surface area contributed by atoms with E-state index >= 15 is 0 Å². The van der Waals surface area contributed by atoms with Crippen molar-refractivity contribution in [2.75, 3.05) is 0 Å². The molecule has 17 heavy (non-hydrogen) atoms. The van der Waals surface area contributed by atoms with Gasteiger partial charge in [0.2, 0.25) is 5.55 Å². The Bertz CT molecular complexity index is 601. The molecule has 0 saturated carbocycles. The van der Waals surface area contributed by atoms with Gasteiger partial charge < -0.3 is 4.42 Å². The summed E-state index contributed by atoms with van der Waals surface area (Å²) in [4.78, 5) is 4.45. The largest absolute Gasteiger partial charge is 0.443 e. The van der Waals surface area contributed by atoms with E-state index in [1.807, 2.05) is 12.1 Å². The summed E-state index contributed by atoms with van der Waals surface area (Å²) < 4.78 is 5.68. The van der Waals surface area contributed by atoms with Crippen molar-refractivity contribution in [3.05, 3.63) is 35.2 Å². The molecule has 0 amide bonds. The Morgan fingerprint density at radius 3 is 2.82 bits per heavy atom. The highest BCUT2D eigenvalue weighted by Gasteiger charge is 2.14. The van der Waals surface area contributed by atoms with Crippen LogP contribution < -0.4 is 5.55 Å². The van der Waals surface area contributed by atoms with Crippen LogP contribution in [-0.4, -0.2) is 4.98 Å². The van der Waals surface area contributed by atoms with Crippen molar-refractivity contribution in [3.63, 3.8) is 0 Å². The first kappa shape index (κ1) is 10.5. The van der Waals surface area contributed by atoms with Crippen LogP contribution >= 0.6 is 0 Å². The second-order valence-corrected chi connectivity index (χ2v) is 4.65. The highest BCUT2D eigenvalue weighted by atomic mass is 16.3. The lowest BCUT2D eigenvalue weighted by Crippen LogP contribution is -2.10. The topological polar surface area (TPSA) is 49.9 Å². The van der Waals surface area contributed by atoms with Crippen molar-refractivity contribution >= 4 is 10.9 Å². The Morgan fingerprint density at radius 1 is 1.12 bits per heavy atom. The van der Waals surface area contributed by atoms with Gasteiger partial charge in [-0.25, -0.2) is 0 Å². The second-order valence-electron chi connectivity index (χ2n) is 4.65. The Morgan fingerprint density at radius 2 is 1.94 bits per heavy atom. The van der Waals surface area contributed by atoms with E-state index in [0.717, 1.165) is 35.9 Å². The molecule has 0 aliphatic heterocycles. The third-order valence-corrected chi connectivity index (χ3v) is 3.48. The fourth-order valence-electron chi connectivity index (χ4n) is 2.60. The maximum Gasteiger partial charge on any atom is 0.220 e. The predicted octanol–water partition coefficient (Wildman–Crippen LogP) is 2.97. The van der Waals surface area contributed by atoms with Crippen LogP contribution in [0.5, 0.6) is 0 Å². The molecule has 3 heteroatoms. The maximum atomic E-state index is 7.92. The quantitative estimate of drug-likeness (QED) is 0.753. The molecule has 0 radical (unpaired) electrons. The molecule has 0 fully saturated rings. The van der Waals surface area contributed by atoms with E-state index in [4.69, 9.17) is 9.83 Å². The highest BCUT2D eigenvalue weighted by Crippen LogP contribution is 2.24. The fourth-order valence-corrected chi connectivity index (χ4v) is 2.60. The third-order valence-electron chi connectivity index (χ3n) is 3.48. The van der Waals surface area contributed by atoms with Crippen molar-refractivity contribution in [2.45, 2.75) is 38.5 Å². The smallest absolute Gasteiger partial charge is 0.220 e. The van der Waals surface area contributed by atoms with Gasteiger partial charge >= 0.3 is 0 Å². The lowest BCUT2D eigenvalue weighted by atomic mass is 9.96. The molecule has 0 bridgehead atoms. The van der Waals surface area contributed by atoms with E-state index in [-0.39, 0.29) is 5.55 Å². The lowest BCUT2D eigenvalue weighted by molar-refractivity contribution is 0.423. The summed E-state index contributed by atoms with van der Waals surface area (Å²) >= 11 is 0. The van der Waals surface area contributed by atoms with Gasteiger partial charge in [0.05, 0.1) is 10.9 Å². The zero-order valence-electron chi connectivity index (χ0n) is 9.83. The summed E-state index contributed by atoms with van der Waals surface area (Å²) in [6.45, 7) is 0. The zero-order chi connectivity index (χ0) is 11.7. The second kappa shape index (κ2) is 4.32. The molecule has 0 atom stereocenters. The molecular weight excluding hydrogens is 212 g/mol. The molecule has 0 spiro atoms. The SMILES string of the molecule is N=c1oc2c(c3ncccc13)CCCCCC2. The van der Waals surface area contributed by atoms with Gasteiger partial charge in [0.25, 0.3) is 0 Å². The predicted molar refractivity (Wildman–Crippen MR) is 65.7 cm³/mol. The molecule has 1 aliphatic carbocycles. The van der Waals surface area contributed by atoms with Gasteiger partial charge in [-0.1, -0.05) is 12.8 Å². The Kier molecular flexibility index (Phi) is 2.67. The number of pyridine rings is 1. The molecule has 88 valence electrons. The number of nitrogens with one attached hydrogen (secondary N) is 1. The van der Waals surface area contributed by atoms with Crippen molar-refractivity contribution in [3.8, 4) is 0 Å². The van der Waals surface area contributed by atoms with Gasteiger partial charge in [0, 0.05) is 18.2 Å². The van der Waals surface area contributed by atoms with Crippen LogP contribution in [0.2, 0.25) is 0 Å². The number of rotatable bonds is 0. The summed E-state index contributed by atoms with van der Waals surface area (Å²) in [6.07, 6.45) is 8.71. The number of nitrogens with zero attached hydrogens (tertiary/aromatic N) is 1. The molecule has 2 aromatic rings. The minimum absolute atomic E-state index is 0.257.